The van der Waals surface area contributed by atoms with E-state index in [1.165, 1.54) is 25.7 Å². The number of nitrogens with one attached hydrogen (secondary N) is 1. The molecule has 5 heteroatoms. The highest BCUT2D eigenvalue weighted by molar-refractivity contribution is 5.77. The number of para-hydroxylation sites is 1. The van der Waals surface area contributed by atoms with Crippen LogP contribution >= 0.6 is 0 Å². The minimum Gasteiger partial charge on any atom is -0.380 e. The van der Waals surface area contributed by atoms with Gasteiger partial charge in [-0.1, -0.05) is 6.07 Å². The molecule has 21 heavy (non-hydrogen) atoms. The number of benzene rings is 1. The molecule has 2 aliphatic rings. The van der Waals surface area contributed by atoms with E-state index in [0.29, 0.717) is 12.2 Å². The lowest BCUT2D eigenvalue weighted by atomic mass is 10.1. The summed E-state index contributed by atoms with van der Waals surface area (Å²) in [6.07, 6.45) is 5.06. The lowest BCUT2D eigenvalue weighted by Crippen LogP contribution is -2.29. The summed E-state index contributed by atoms with van der Waals surface area (Å²) in [7, 11) is 0. The Labute approximate surface area is 125 Å². The van der Waals surface area contributed by atoms with Crippen molar-refractivity contribution in [3.63, 3.8) is 0 Å². The van der Waals surface area contributed by atoms with Crippen LogP contribution in [0.15, 0.2) is 18.2 Å². The van der Waals surface area contributed by atoms with Gasteiger partial charge in [-0.3, -0.25) is 10.1 Å². The van der Waals surface area contributed by atoms with Crippen molar-refractivity contribution in [2.45, 2.75) is 32.6 Å². The summed E-state index contributed by atoms with van der Waals surface area (Å²) in [5.41, 5.74) is 1.66. The predicted molar refractivity (Wildman–Crippen MR) is 84.9 cm³/mol. The van der Waals surface area contributed by atoms with Crippen LogP contribution in [-0.2, 0) is 0 Å². The molecule has 0 bridgehead atoms. The molecule has 114 valence electrons. The summed E-state index contributed by atoms with van der Waals surface area (Å²) < 4.78 is 0. The average molecular weight is 289 g/mol. The summed E-state index contributed by atoms with van der Waals surface area (Å²) in [6.45, 7) is 4.58. The van der Waals surface area contributed by atoms with Gasteiger partial charge in [0.25, 0.3) is 0 Å². The summed E-state index contributed by atoms with van der Waals surface area (Å²) in [6, 6.07) is 5.63. The van der Waals surface area contributed by atoms with Gasteiger partial charge in [-0.2, -0.15) is 0 Å². The van der Waals surface area contributed by atoms with E-state index in [9.17, 15) is 10.1 Å². The van der Waals surface area contributed by atoms with Crippen LogP contribution in [0.25, 0.3) is 0 Å². The third-order valence-electron chi connectivity index (χ3n) is 4.26. The molecule has 2 aliphatic carbocycles. The molecule has 2 saturated carbocycles. The Morgan fingerprint density at radius 3 is 2.33 bits per heavy atom. The van der Waals surface area contributed by atoms with Crippen molar-refractivity contribution in [3.05, 3.63) is 28.3 Å². The lowest BCUT2D eigenvalue weighted by molar-refractivity contribution is -0.383. The molecule has 0 unspecified atom stereocenters. The van der Waals surface area contributed by atoms with Gasteiger partial charge in [-0.15, -0.1) is 0 Å². The Hall–Kier alpha value is -1.78. The van der Waals surface area contributed by atoms with E-state index >= 15 is 0 Å². The molecule has 0 saturated heterocycles. The van der Waals surface area contributed by atoms with E-state index in [0.717, 1.165) is 30.6 Å². The largest absolute Gasteiger partial charge is 0.380 e. The summed E-state index contributed by atoms with van der Waals surface area (Å²) in [5, 5.41) is 14.7. The molecule has 5 nitrogen and oxygen atoms in total. The van der Waals surface area contributed by atoms with Crippen molar-refractivity contribution in [2.24, 2.45) is 11.8 Å². The molecular weight excluding hydrogens is 266 g/mol. The zero-order valence-corrected chi connectivity index (χ0v) is 12.5. The third-order valence-corrected chi connectivity index (χ3v) is 4.26. The first kappa shape index (κ1) is 14.2. The van der Waals surface area contributed by atoms with Crippen LogP contribution in [0.5, 0.6) is 0 Å². The van der Waals surface area contributed by atoms with Crippen LogP contribution in [0.4, 0.5) is 17.1 Å². The fraction of sp³-hybridized carbons (Fsp3) is 0.625. The van der Waals surface area contributed by atoms with Gasteiger partial charge < -0.3 is 10.2 Å². The monoisotopic (exact) mass is 289 g/mol. The van der Waals surface area contributed by atoms with E-state index in [2.05, 4.69) is 10.2 Å². The first-order valence-electron chi connectivity index (χ1n) is 7.95. The minimum atomic E-state index is -0.236. The topological polar surface area (TPSA) is 58.4 Å². The van der Waals surface area contributed by atoms with E-state index in [4.69, 9.17) is 0 Å². The lowest BCUT2D eigenvalue weighted by Gasteiger charge is -2.25. The Kier molecular flexibility index (Phi) is 3.99. The number of hydrogen-bond acceptors (Lipinski definition) is 4. The summed E-state index contributed by atoms with van der Waals surface area (Å²) in [5.74, 6) is 1.46. The molecule has 0 heterocycles. The summed E-state index contributed by atoms with van der Waals surface area (Å²) in [4.78, 5) is 13.6. The van der Waals surface area contributed by atoms with Gasteiger partial charge in [0.1, 0.15) is 11.4 Å². The van der Waals surface area contributed by atoms with Crippen LogP contribution in [0, 0.1) is 22.0 Å². The summed E-state index contributed by atoms with van der Waals surface area (Å²) >= 11 is 0. The maximum atomic E-state index is 11.6. The maximum Gasteiger partial charge on any atom is 0.315 e. The maximum absolute atomic E-state index is 11.6. The number of nitro benzene ring substituents is 1. The Morgan fingerprint density at radius 1 is 1.24 bits per heavy atom. The van der Waals surface area contributed by atoms with Gasteiger partial charge >= 0.3 is 5.69 Å². The normalized spacial score (nSPS) is 17.6. The van der Waals surface area contributed by atoms with Gasteiger partial charge in [0.15, 0.2) is 0 Å². The number of nitrogens with zero attached hydrogens (tertiary/aromatic N) is 2. The first-order chi connectivity index (χ1) is 10.2. The highest BCUT2D eigenvalue weighted by Crippen LogP contribution is 2.41. The fourth-order valence-corrected chi connectivity index (χ4v) is 2.81. The van der Waals surface area contributed by atoms with Crippen molar-refractivity contribution < 1.29 is 4.92 Å². The van der Waals surface area contributed by atoms with E-state index < -0.39 is 0 Å². The van der Waals surface area contributed by atoms with E-state index in [1.54, 1.807) is 6.07 Å². The van der Waals surface area contributed by atoms with Crippen LogP contribution in [-0.4, -0.2) is 24.6 Å². The van der Waals surface area contributed by atoms with Crippen LogP contribution in [0.2, 0.25) is 0 Å². The molecule has 0 radical (unpaired) electrons. The van der Waals surface area contributed by atoms with Crippen molar-refractivity contribution in [2.75, 3.05) is 29.9 Å². The van der Waals surface area contributed by atoms with Crippen LogP contribution in [0.3, 0.4) is 0 Å². The number of rotatable bonds is 8. The smallest absolute Gasteiger partial charge is 0.315 e. The minimum absolute atomic E-state index is 0.236. The van der Waals surface area contributed by atoms with Crippen LogP contribution < -0.4 is 10.2 Å². The second-order valence-corrected chi connectivity index (χ2v) is 6.25. The SMILES string of the molecule is CCNc1cccc(N(CC2CC2)CC2CC2)c1[N+](=O)[O-]. The molecule has 0 aliphatic heterocycles. The third kappa shape index (κ3) is 3.46. The zero-order chi connectivity index (χ0) is 14.8. The number of hydrogen-bond donors (Lipinski definition) is 1. The predicted octanol–water partition coefficient (Wildman–Crippen LogP) is 3.65. The molecule has 3 rings (SSSR count). The van der Waals surface area contributed by atoms with Crippen molar-refractivity contribution >= 4 is 17.1 Å². The highest BCUT2D eigenvalue weighted by Gasteiger charge is 2.32. The van der Waals surface area contributed by atoms with Crippen molar-refractivity contribution in [3.8, 4) is 0 Å². The molecule has 0 spiro atoms. The van der Waals surface area contributed by atoms with Crippen molar-refractivity contribution in [1.82, 2.24) is 0 Å². The second kappa shape index (κ2) is 5.92. The Bertz CT molecular complexity index is 510. The molecule has 0 atom stereocenters. The van der Waals surface area contributed by atoms with Gasteiger partial charge in [-0.05, 0) is 56.6 Å². The highest BCUT2D eigenvalue weighted by atomic mass is 16.6. The Balaban J connectivity index is 1.91. The first-order valence-corrected chi connectivity index (χ1v) is 7.95. The van der Waals surface area contributed by atoms with Gasteiger partial charge in [0, 0.05) is 19.6 Å². The molecule has 1 aromatic rings. The Morgan fingerprint density at radius 2 is 1.86 bits per heavy atom. The second-order valence-electron chi connectivity index (χ2n) is 6.25. The molecule has 0 amide bonds. The zero-order valence-electron chi connectivity index (χ0n) is 12.5. The molecule has 0 aromatic heterocycles. The standard InChI is InChI=1S/C16H23N3O2/c1-2-17-14-4-3-5-15(16(14)19(20)21)18(10-12-6-7-12)11-13-8-9-13/h3-5,12-13,17H,2,6-11H2,1H3. The van der Waals surface area contributed by atoms with Gasteiger partial charge in [-0.25, -0.2) is 0 Å². The molecule has 1 aromatic carbocycles. The molecule has 2 fully saturated rings. The average Bonchev–Trinajstić information content (AvgIpc) is 3.33. The quantitative estimate of drug-likeness (QED) is 0.586. The van der Waals surface area contributed by atoms with Gasteiger partial charge in [0.2, 0.25) is 0 Å². The van der Waals surface area contributed by atoms with Gasteiger partial charge in [0.05, 0.1) is 4.92 Å². The fourth-order valence-electron chi connectivity index (χ4n) is 2.81. The molecule has 1 N–H and O–H groups in total. The van der Waals surface area contributed by atoms with E-state index in [1.807, 2.05) is 19.1 Å². The number of anilines is 2. The number of nitro groups is 1. The molecular formula is C16H23N3O2. The van der Waals surface area contributed by atoms with E-state index in [-0.39, 0.29) is 10.6 Å². The van der Waals surface area contributed by atoms with Crippen LogP contribution in [0.1, 0.15) is 32.6 Å². The van der Waals surface area contributed by atoms with Crippen molar-refractivity contribution in [1.29, 1.82) is 0 Å².